The van der Waals surface area contributed by atoms with Crippen LogP contribution in [0.25, 0.3) is 16.8 Å². The normalized spacial score (nSPS) is 15.6. The zero-order valence-corrected chi connectivity index (χ0v) is 19.1. The predicted octanol–water partition coefficient (Wildman–Crippen LogP) is 5.08. The Bertz CT molecular complexity index is 1250. The number of thiazole rings is 1. The van der Waals surface area contributed by atoms with E-state index in [1.165, 1.54) is 10.9 Å². The van der Waals surface area contributed by atoms with E-state index in [9.17, 15) is 9.18 Å². The van der Waals surface area contributed by atoms with Crippen molar-refractivity contribution in [3.63, 3.8) is 0 Å². The molecule has 3 heterocycles. The molecule has 0 atom stereocenters. The molecule has 0 saturated heterocycles. The summed E-state index contributed by atoms with van der Waals surface area (Å²) in [5.41, 5.74) is 4.44. The number of nitrogens with zero attached hydrogens (tertiary/aromatic N) is 4. The lowest BCUT2D eigenvalue weighted by atomic mass is 10.0. The minimum Gasteiger partial charge on any atom is -0.336 e. The smallest absolute Gasteiger partial charge is 0.242 e. The number of aryl methyl sites for hydroxylation is 2. The van der Waals surface area contributed by atoms with Crippen molar-refractivity contribution in [2.75, 3.05) is 6.54 Å². The van der Waals surface area contributed by atoms with Crippen molar-refractivity contribution in [1.82, 2.24) is 19.4 Å². The number of carbonyl (C=O) groups excluding carboxylic acids is 1. The van der Waals surface area contributed by atoms with Gasteiger partial charge in [-0.3, -0.25) is 4.79 Å². The van der Waals surface area contributed by atoms with E-state index in [1.54, 1.807) is 30.4 Å². The molecule has 5 rings (SSSR count). The van der Waals surface area contributed by atoms with Crippen LogP contribution in [0, 0.1) is 19.7 Å². The van der Waals surface area contributed by atoms with Crippen LogP contribution in [0.1, 0.15) is 39.8 Å². The molecule has 7 heteroatoms. The Hall–Kier alpha value is -3.06. The Labute approximate surface area is 190 Å². The molecular formula is C25H25FN4OS. The van der Waals surface area contributed by atoms with Gasteiger partial charge in [0.2, 0.25) is 5.91 Å². The van der Waals surface area contributed by atoms with E-state index >= 15 is 0 Å². The van der Waals surface area contributed by atoms with Crippen molar-refractivity contribution in [2.45, 2.75) is 46.2 Å². The van der Waals surface area contributed by atoms with Crippen molar-refractivity contribution >= 4 is 22.8 Å². The summed E-state index contributed by atoms with van der Waals surface area (Å²) in [7, 11) is 0. The van der Waals surface area contributed by atoms with Gasteiger partial charge in [0.05, 0.1) is 22.9 Å². The molecule has 32 heavy (non-hydrogen) atoms. The quantitative estimate of drug-likeness (QED) is 0.559. The molecule has 0 radical (unpaired) electrons. The molecular weight excluding hydrogens is 423 g/mol. The predicted molar refractivity (Wildman–Crippen MR) is 125 cm³/mol. The molecule has 0 bridgehead atoms. The Kier molecular flexibility index (Phi) is 5.51. The third-order valence-corrected chi connectivity index (χ3v) is 7.03. The van der Waals surface area contributed by atoms with Gasteiger partial charge in [0.25, 0.3) is 0 Å². The highest BCUT2D eigenvalue weighted by atomic mass is 32.1. The molecule has 5 nitrogen and oxygen atoms in total. The van der Waals surface area contributed by atoms with E-state index in [0.29, 0.717) is 18.7 Å². The summed E-state index contributed by atoms with van der Waals surface area (Å²) in [5.74, 6) is 0.659. The summed E-state index contributed by atoms with van der Waals surface area (Å²) >= 11 is 1.68. The molecule has 0 N–H and O–H groups in total. The fraction of sp³-hybridized carbons (Fsp3) is 0.320. The average molecular weight is 449 g/mol. The Balaban J connectivity index is 1.44. The molecule has 0 saturated carbocycles. The molecule has 0 spiro atoms. The van der Waals surface area contributed by atoms with Crippen LogP contribution < -0.4 is 0 Å². The lowest BCUT2D eigenvalue weighted by Crippen LogP contribution is -2.37. The maximum absolute atomic E-state index is 13.8. The number of hydrogen-bond acceptors (Lipinski definition) is 4. The van der Waals surface area contributed by atoms with Crippen LogP contribution in [0.4, 0.5) is 4.39 Å². The molecule has 2 aromatic heterocycles. The van der Waals surface area contributed by atoms with Crippen LogP contribution >= 0.6 is 11.3 Å². The van der Waals surface area contributed by atoms with E-state index in [4.69, 9.17) is 4.98 Å². The first-order chi connectivity index (χ1) is 15.5. The van der Waals surface area contributed by atoms with Crippen molar-refractivity contribution < 1.29 is 9.18 Å². The van der Waals surface area contributed by atoms with Gasteiger partial charge in [0, 0.05) is 29.6 Å². The van der Waals surface area contributed by atoms with Crippen molar-refractivity contribution in [3.8, 4) is 11.3 Å². The van der Waals surface area contributed by atoms with E-state index in [2.05, 4.69) is 17.1 Å². The first kappa shape index (κ1) is 20.8. The number of hydrogen-bond donors (Lipinski definition) is 0. The van der Waals surface area contributed by atoms with E-state index < -0.39 is 0 Å². The number of fused-ring (bicyclic) bond motifs is 1. The molecule has 1 aliphatic heterocycles. The van der Waals surface area contributed by atoms with Crippen molar-refractivity contribution in [2.24, 2.45) is 0 Å². The second kappa shape index (κ2) is 8.47. The number of imidazole rings is 1. The Morgan fingerprint density at radius 3 is 2.88 bits per heavy atom. The molecule has 3 aromatic rings. The van der Waals surface area contributed by atoms with Crippen LogP contribution in [0.2, 0.25) is 0 Å². The minimum atomic E-state index is -0.230. The molecule has 164 valence electrons. The van der Waals surface area contributed by atoms with Gasteiger partial charge in [-0.25, -0.2) is 14.4 Å². The van der Waals surface area contributed by atoms with Crippen LogP contribution in [-0.2, 0) is 24.3 Å². The van der Waals surface area contributed by atoms with Crippen LogP contribution in [-0.4, -0.2) is 31.9 Å². The monoisotopic (exact) mass is 448 g/mol. The number of benzene rings is 1. The maximum Gasteiger partial charge on any atom is 0.242 e. The fourth-order valence-electron chi connectivity index (χ4n) is 4.31. The largest absolute Gasteiger partial charge is 0.336 e. The SMILES string of the molecule is Cc1nc2c(s1)CN(C(=O)Cn1cc(-c3ccc(F)c(C)c3)nc1C1=CC=CCC1)CC2. The molecule has 1 amide bonds. The third-order valence-electron chi connectivity index (χ3n) is 6.03. The van der Waals surface area contributed by atoms with Gasteiger partial charge in [0.1, 0.15) is 18.2 Å². The Morgan fingerprint density at radius 2 is 2.09 bits per heavy atom. The third kappa shape index (κ3) is 4.05. The zero-order valence-electron chi connectivity index (χ0n) is 18.3. The highest BCUT2D eigenvalue weighted by Crippen LogP contribution is 2.29. The highest BCUT2D eigenvalue weighted by Gasteiger charge is 2.25. The van der Waals surface area contributed by atoms with Crippen LogP contribution in [0.15, 0.2) is 42.6 Å². The average Bonchev–Trinajstić information content (AvgIpc) is 3.38. The second-order valence-electron chi connectivity index (χ2n) is 8.37. The number of amides is 1. The number of halogens is 1. The van der Waals surface area contributed by atoms with Gasteiger partial charge in [-0.2, -0.15) is 0 Å². The zero-order chi connectivity index (χ0) is 22.2. The van der Waals surface area contributed by atoms with Gasteiger partial charge >= 0.3 is 0 Å². The highest BCUT2D eigenvalue weighted by molar-refractivity contribution is 7.11. The second-order valence-corrected chi connectivity index (χ2v) is 9.66. The van der Waals surface area contributed by atoms with E-state index in [1.807, 2.05) is 28.7 Å². The molecule has 0 unspecified atom stereocenters. The summed E-state index contributed by atoms with van der Waals surface area (Å²) in [6.07, 6.45) is 10.8. The topological polar surface area (TPSA) is 51.0 Å². The van der Waals surface area contributed by atoms with Crippen LogP contribution in [0.5, 0.6) is 0 Å². The maximum atomic E-state index is 13.8. The first-order valence-corrected chi connectivity index (χ1v) is 11.7. The summed E-state index contributed by atoms with van der Waals surface area (Å²) in [6, 6.07) is 5.02. The molecule has 0 fully saturated rings. The minimum absolute atomic E-state index is 0.0779. The number of aromatic nitrogens is 3. The van der Waals surface area contributed by atoms with Gasteiger partial charge in [0.15, 0.2) is 0 Å². The summed E-state index contributed by atoms with van der Waals surface area (Å²) in [4.78, 5) is 25.8. The number of allylic oxidation sites excluding steroid dienone is 4. The Morgan fingerprint density at radius 1 is 1.22 bits per heavy atom. The lowest BCUT2D eigenvalue weighted by Gasteiger charge is -2.26. The summed E-state index contributed by atoms with van der Waals surface area (Å²) in [5, 5.41) is 1.05. The summed E-state index contributed by atoms with van der Waals surface area (Å²) in [6.45, 7) is 5.31. The first-order valence-electron chi connectivity index (χ1n) is 10.9. The van der Waals surface area contributed by atoms with Gasteiger partial charge in [-0.1, -0.05) is 18.2 Å². The molecule has 1 aliphatic carbocycles. The van der Waals surface area contributed by atoms with Crippen molar-refractivity contribution in [1.29, 1.82) is 0 Å². The standard InChI is InChI=1S/C25H25FN4OS/c1-16-12-19(8-9-20(16)26)22-13-30(25(28-22)18-6-4-3-5-7-18)15-24(31)29-11-10-21-23(14-29)32-17(2)27-21/h3-4,6,8-9,12-13H,5,7,10-11,14-15H2,1-2H3. The molecule has 1 aromatic carbocycles. The van der Waals surface area contributed by atoms with Crippen molar-refractivity contribution in [3.05, 3.63) is 75.4 Å². The lowest BCUT2D eigenvalue weighted by molar-refractivity contribution is -0.132. The van der Waals surface area contributed by atoms with Gasteiger partial charge in [-0.15, -0.1) is 11.3 Å². The fourth-order valence-corrected chi connectivity index (χ4v) is 5.31. The van der Waals surface area contributed by atoms with Gasteiger partial charge in [-0.05, 0) is 56.0 Å². The van der Waals surface area contributed by atoms with E-state index in [0.717, 1.165) is 52.6 Å². The van der Waals surface area contributed by atoms with E-state index in [-0.39, 0.29) is 18.3 Å². The number of rotatable bonds is 4. The number of carbonyl (C=O) groups is 1. The van der Waals surface area contributed by atoms with Gasteiger partial charge < -0.3 is 9.47 Å². The summed E-state index contributed by atoms with van der Waals surface area (Å²) < 4.78 is 15.7. The molecule has 2 aliphatic rings. The van der Waals surface area contributed by atoms with Crippen LogP contribution in [0.3, 0.4) is 0 Å².